The molecule has 1 heterocycles. The molecule has 0 spiro atoms. The molecule has 0 aliphatic heterocycles. The van der Waals surface area contributed by atoms with Crippen molar-refractivity contribution in [2.75, 3.05) is 6.61 Å². The Morgan fingerprint density at radius 1 is 1.40 bits per heavy atom. The van der Waals surface area contributed by atoms with E-state index in [9.17, 15) is 4.79 Å². The van der Waals surface area contributed by atoms with Gasteiger partial charge < -0.3 is 4.74 Å². The van der Waals surface area contributed by atoms with E-state index in [-0.39, 0.29) is 12.4 Å². The van der Waals surface area contributed by atoms with Crippen molar-refractivity contribution in [2.45, 2.75) is 19.9 Å². The van der Waals surface area contributed by atoms with Crippen LogP contribution in [0.5, 0.6) is 5.75 Å². The molecule has 0 saturated carbocycles. The van der Waals surface area contributed by atoms with Crippen LogP contribution in [0.1, 0.15) is 23.8 Å². The van der Waals surface area contributed by atoms with Crippen molar-refractivity contribution in [1.82, 2.24) is 9.78 Å². The number of ether oxygens (including phenoxy) is 1. The quantitative estimate of drug-likeness (QED) is 0.761. The van der Waals surface area contributed by atoms with E-state index in [1.165, 1.54) is 6.20 Å². The number of benzene rings is 1. The third kappa shape index (κ3) is 3.52. The smallest absolute Gasteiger partial charge is 0.219 e. The Morgan fingerprint density at radius 3 is 2.90 bits per heavy atom. The molecule has 0 aliphatic carbocycles. The van der Waals surface area contributed by atoms with Gasteiger partial charge in [0.2, 0.25) is 5.78 Å². The molecule has 2 rings (SSSR count). The lowest BCUT2D eigenvalue weighted by atomic mass is 10.3. The fourth-order valence-corrected chi connectivity index (χ4v) is 2.22. The summed E-state index contributed by atoms with van der Waals surface area (Å²) < 4.78 is 7.03. The van der Waals surface area contributed by atoms with Crippen molar-refractivity contribution < 1.29 is 9.53 Å². The fraction of sp³-hybridized carbons (Fsp3) is 0.286. The van der Waals surface area contributed by atoms with Crippen molar-refractivity contribution in [3.8, 4) is 5.75 Å². The Hall–Kier alpha value is -1.52. The lowest BCUT2D eigenvalue weighted by molar-refractivity contribution is 0.0910. The molecule has 0 atom stereocenters. The van der Waals surface area contributed by atoms with Crippen molar-refractivity contribution in [1.29, 1.82) is 0 Å². The number of rotatable bonds is 6. The second kappa shape index (κ2) is 6.77. The predicted octanol–water partition coefficient (Wildman–Crippen LogP) is 3.86. The first-order valence-corrected chi connectivity index (χ1v) is 7.00. The molecule has 0 unspecified atom stereocenters. The maximum absolute atomic E-state index is 12.2. The first-order chi connectivity index (χ1) is 9.61. The summed E-state index contributed by atoms with van der Waals surface area (Å²) in [6, 6.07) is 6.89. The number of hydrogen-bond donors (Lipinski definition) is 0. The molecular weight excluding hydrogens is 299 g/mol. The highest BCUT2D eigenvalue weighted by Gasteiger charge is 2.17. The summed E-state index contributed by atoms with van der Waals surface area (Å²) in [4.78, 5) is 12.2. The van der Waals surface area contributed by atoms with Gasteiger partial charge in [-0.05, 0) is 24.6 Å². The Kier molecular flexibility index (Phi) is 5.04. The maximum atomic E-state index is 12.2. The van der Waals surface area contributed by atoms with Gasteiger partial charge in [0, 0.05) is 11.6 Å². The van der Waals surface area contributed by atoms with Gasteiger partial charge in [-0.15, -0.1) is 0 Å². The van der Waals surface area contributed by atoms with E-state index in [2.05, 4.69) is 5.10 Å². The van der Waals surface area contributed by atoms with E-state index in [0.29, 0.717) is 28.0 Å². The second-order valence-electron chi connectivity index (χ2n) is 4.23. The van der Waals surface area contributed by atoms with Crippen LogP contribution in [-0.4, -0.2) is 22.2 Å². The van der Waals surface area contributed by atoms with E-state index >= 15 is 0 Å². The second-order valence-corrected chi connectivity index (χ2v) is 5.08. The average molecular weight is 313 g/mol. The molecule has 4 nitrogen and oxygen atoms in total. The largest absolute Gasteiger partial charge is 0.485 e. The van der Waals surface area contributed by atoms with Gasteiger partial charge in [-0.3, -0.25) is 9.48 Å². The standard InChI is InChI=1S/C14H14Cl2N2O2/c1-2-6-18-14(12(16)8-17-18)13(19)9-20-11-5-3-4-10(15)7-11/h3-5,7-8H,2,6,9H2,1H3. The predicted molar refractivity (Wildman–Crippen MR) is 78.8 cm³/mol. The molecule has 20 heavy (non-hydrogen) atoms. The molecule has 0 bridgehead atoms. The van der Waals surface area contributed by atoms with Crippen LogP contribution in [0.25, 0.3) is 0 Å². The van der Waals surface area contributed by atoms with Gasteiger partial charge in [0.1, 0.15) is 11.4 Å². The molecule has 1 aromatic carbocycles. The zero-order chi connectivity index (χ0) is 14.5. The monoisotopic (exact) mass is 312 g/mol. The molecule has 0 radical (unpaired) electrons. The van der Waals surface area contributed by atoms with E-state index in [4.69, 9.17) is 27.9 Å². The van der Waals surface area contributed by atoms with Crippen molar-refractivity contribution in [3.63, 3.8) is 0 Å². The number of hydrogen-bond acceptors (Lipinski definition) is 3. The summed E-state index contributed by atoms with van der Waals surface area (Å²) >= 11 is 11.9. The summed E-state index contributed by atoms with van der Waals surface area (Å²) in [5, 5.41) is 4.99. The number of nitrogens with zero attached hydrogens (tertiary/aromatic N) is 2. The number of aromatic nitrogens is 2. The van der Waals surface area contributed by atoms with Crippen molar-refractivity contribution in [2.24, 2.45) is 0 Å². The highest BCUT2D eigenvalue weighted by atomic mass is 35.5. The van der Waals surface area contributed by atoms with Crippen LogP contribution in [-0.2, 0) is 6.54 Å². The normalized spacial score (nSPS) is 10.6. The summed E-state index contributed by atoms with van der Waals surface area (Å²) in [6.45, 7) is 2.55. The first-order valence-electron chi connectivity index (χ1n) is 6.24. The Labute approximate surface area is 127 Å². The number of halogens is 2. The highest BCUT2D eigenvalue weighted by Crippen LogP contribution is 2.19. The molecule has 0 N–H and O–H groups in total. The summed E-state index contributed by atoms with van der Waals surface area (Å²) in [6.07, 6.45) is 2.34. The number of aryl methyl sites for hydroxylation is 1. The van der Waals surface area contributed by atoms with E-state index < -0.39 is 0 Å². The lowest BCUT2D eigenvalue weighted by Crippen LogP contribution is -2.17. The van der Waals surface area contributed by atoms with Gasteiger partial charge in [-0.25, -0.2) is 0 Å². The van der Waals surface area contributed by atoms with Crippen LogP contribution in [0.15, 0.2) is 30.5 Å². The summed E-state index contributed by atoms with van der Waals surface area (Å²) in [5.41, 5.74) is 0.385. The molecule has 0 aliphatic rings. The Balaban J connectivity index is 2.07. The van der Waals surface area contributed by atoms with E-state index in [1.54, 1.807) is 28.9 Å². The molecule has 106 valence electrons. The molecule has 1 aromatic heterocycles. The van der Waals surface area contributed by atoms with Gasteiger partial charge in [0.15, 0.2) is 6.61 Å². The van der Waals surface area contributed by atoms with Gasteiger partial charge >= 0.3 is 0 Å². The minimum Gasteiger partial charge on any atom is -0.485 e. The fourth-order valence-electron chi connectivity index (χ4n) is 1.80. The Bertz CT molecular complexity index is 611. The number of carbonyl (C=O) groups excluding carboxylic acids is 1. The van der Waals surface area contributed by atoms with Crippen LogP contribution >= 0.6 is 23.2 Å². The molecule has 6 heteroatoms. The minimum absolute atomic E-state index is 0.102. The highest BCUT2D eigenvalue weighted by molar-refractivity contribution is 6.33. The van der Waals surface area contributed by atoms with Crippen molar-refractivity contribution in [3.05, 3.63) is 46.2 Å². The zero-order valence-corrected chi connectivity index (χ0v) is 12.5. The number of carbonyl (C=O) groups is 1. The Morgan fingerprint density at radius 2 is 2.20 bits per heavy atom. The minimum atomic E-state index is -0.207. The topological polar surface area (TPSA) is 44.1 Å². The molecule has 0 saturated heterocycles. The van der Waals surface area contributed by atoms with E-state index in [1.807, 2.05) is 6.92 Å². The lowest BCUT2D eigenvalue weighted by Gasteiger charge is -2.08. The average Bonchev–Trinajstić information content (AvgIpc) is 2.78. The van der Waals surface area contributed by atoms with Crippen LogP contribution < -0.4 is 4.74 Å². The van der Waals surface area contributed by atoms with Gasteiger partial charge in [0.05, 0.1) is 11.2 Å². The van der Waals surface area contributed by atoms with Crippen LogP contribution in [0, 0.1) is 0 Å². The zero-order valence-electron chi connectivity index (χ0n) is 11.0. The molecule has 0 fully saturated rings. The summed E-state index contributed by atoms with van der Waals surface area (Å²) in [5.74, 6) is 0.337. The van der Waals surface area contributed by atoms with Crippen LogP contribution in [0.3, 0.4) is 0 Å². The van der Waals surface area contributed by atoms with Gasteiger partial charge in [-0.2, -0.15) is 5.10 Å². The third-order valence-electron chi connectivity index (χ3n) is 2.66. The third-order valence-corrected chi connectivity index (χ3v) is 3.17. The van der Waals surface area contributed by atoms with Crippen molar-refractivity contribution >= 4 is 29.0 Å². The van der Waals surface area contributed by atoms with Crippen LogP contribution in [0.2, 0.25) is 10.0 Å². The first kappa shape index (κ1) is 14.9. The van der Waals surface area contributed by atoms with Gasteiger partial charge in [0.25, 0.3) is 0 Å². The summed E-state index contributed by atoms with van der Waals surface area (Å²) in [7, 11) is 0. The SMILES string of the molecule is CCCn1ncc(Cl)c1C(=O)COc1cccc(Cl)c1. The number of ketones is 1. The maximum Gasteiger partial charge on any atom is 0.219 e. The molecular formula is C14H14Cl2N2O2. The van der Waals surface area contributed by atoms with Gasteiger partial charge in [-0.1, -0.05) is 36.2 Å². The number of Topliss-reactive ketones (excluding diaryl/α,β-unsaturated/α-hetero) is 1. The van der Waals surface area contributed by atoms with Crippen LogP contribution in [0.4, 0.5) is 0 Å². The molecule has 2 aromatic rings. The van der Waals surface area contributed by atoms with E-state index in [0.717, 1.165) is 6.42 Å². The molecule has 0 amide bonds.